The van der Waals surface area contributed by atoms with Crippen molar-refractivity contribution in [3.63, 3.8) is 0 Å². The third kappa shape index (κ3) is 11.4. The lowest BCUT2D eigenvalue weighted by molar-refractivity contribution is -0.578. The van der Waals surface area contributed by atoms with Crippen molar-refractivity contribution >= 4 is 11.6 Å². The van der Waals surface area contributed by atoms with Crippen LogP contribution in [-0.4, -0.2) is 95.6 Å². The molecule has 0 fully saturated rings. The minimum absolute atomic E-state index is 0. The molecule has 11 rings (SSSR count). The maximum atomic E-state index is 12.5. The van der Waals surface area contributed by atoms with Crippen LogP contribution in [0.5, 0.6) is 28.7 Å². The summed E-state index contributed by atoms with van der Waals surface area (Å²) in [5, 5.41) is 67.9. The Bertz CT molecular complexity index is 3140. The van der Waals surface area contributed by atoms with E-state index in [1.165, 1.54) is 50.2 Å². The van der Waals surface area contributed by atoms with Crippen LogP contribution in [0.1, 0.15) is 148 Å². The second kappa shape index (κ2) is 24.9. The van der Waals surface area contributed by atoms with E-state index < -0.39 is 0 Å². The number of aliphatic hydroxyl groups is 4. The minimum atomic E-state index is -0.206. The molecule has 0 spiro atoms. The molecule has 1 unspecified atom stereocenters. The van der Waals surface area contributed by atoms with Gasteiger partial charge in [0.05, 0.1) is 46.7 Å². The summed E-state index contributed by atoms with van der Waals surface area (Å²) in [6.07, 6.45) is 7.58. The number of carbonyl (C=O) groups excluding carboxylic acids is 1. The predicted molar refractivity (Wildman–Crippen MR) is 292 cm³/mol. The van der Waals surface area contributed by atoms with Crippen molar-refractivity contribution in [3.8, 4) is 28.7 Å². The summed E-state index contributed by atoms with van der Waals surface area (Å²) in [5.74, 6) is 1.70. The van der Waals surface area contributed by atoms with Crippen LogP contribution in [-0.2, 0) is 69.7 Å². The molecule has 13 nitrogen and oxygen atoms in total. The zero-order valence-corrected chi connectivity index (χ0v) is 45.7. The number of aliphatic hydroxyl groups excluding tert-OH is 4. The number of aromatic hydroxyl groups is 3. The van der Waals surface area contributed by atoms with Gasteiger partial charge >= 0.3 is 0 Å². The Morgan fingerprint density at radius 2 is 1.17 bits per heavy atom. The first kappa shape index (κ1) is 56.7. The molecule has 0 bridgehead atoms. The molecule has 6 aromatic carbocycles. The number of ether oxygens (including phenoxy) is 2. The van der Waals surface area contributed by atoms with Crippen molar-refractivity contribution in [1.82, 2.24) is 9.80 Å². The fourth-order valence-electron chi connectivity index (χ4n) is 12.7. The fourth-order valence-corrected chi connectivity index (χ4v) is 12.7. The summed E-state index contributed by atoms with van der Waals surface area (Å²) in [7, 11) is 3.19. The highest BCUT2D eigenvalue weighted by atomic mass is 35.5. The molecule has 14 heteroatoms. The van der Waals surface area contributed by atoms with E-state index in [1.807, 2.05) is 72.5 Å². The van der Waals surface area contributed by atoms with Gasteiger partial charge in [-0.3, -0.25) is 9.69 Å². The van der Waals surface area contributed by atoms with Crippen LogP contribution in [0.4, 0.5) is 0 Å². The van der Waals surface area contributed by atoms with Crippen LogP contribution in [0.25, 0.3) is 0 Å². The van der Waals surface area contributed by atoms with E-state index in [0.29, 0.717) is 54.6 Å². The van der Waals surface area contributed by atoms with Crippen molar-refractivity contribution in [1.29, 1.82) is 0 Å². The molecule has 77 heavy (non-hydrogen) atoms. The maximum absolute atomic E-state index is 12.5. The molecule has 0 saturated carbocycles. The molecule has 5 aliphatic rings. The van der Waals surface area contributed by atoms with Gasteiger partial charge in [-0.2, -0.15) is 0 Å². The third-order valence-corrected chi connectivity index (χ3v) is 16.5. The highest BCUT2D eigenvalue weighted by Gasteiger charge is 2.40. The van der Waals surface area contributed by atoms with Crippen molar-refractivity contribution < 1.29 is 67.0 Å². The maximum Gasteiger partial charge on any atom is 0.222 e. The van der Waals surface area contributed by atoms with Crippen LogP contribution in [0.3, 0.4) is 0 Å². The van der Waals surface area contributed by atoms with E-state index in [4.69, 9.17) is 9.47 Å². The van der Waals surface area contributed by atoms with Gasteiger partial charge in [0.1, 0.15) is 12.3 Å². The van der Waals surface area contributed by atoms with Gasteiger partial charge in [-0.15, -0.1) is 0 Å². The Labute approximate surface area is 458 Å². The van der Waals surface area contributed by atoms with Gasteiger partial charge in [0, 0.05) is 67.5 Å². The lowest BCUT2D eigenvalue weighted by Gasteiger charge is -2.46. The molecule has 0 radical (unpaired) electrons. The molecule has 1 amide bonds. The van der Waals surface area contributed by atoms with Gasteiger partial charge in [-0.25, -0.2) is 4.58 Å². The Balaban J connectivity index is 0.000000152. The highest BCUT2D eigenvalue weighted by molar-refractivity contribution is 5.99. The fraction of sp³-hybridized carbons (Fsp3) is 0.397. The molecular weight excluding hydrogens is 994 g/mol. The number of hydrogen-bond donors (Lipinski definition) is 7. The van der Waals surface area contributed by atoms with Gasteiger partial charge in [-0.1, -0.05) is 87.5 Å². The van der Waals surface area contributed by atoms with Crippen LogP contribution < -0.4 is 21.9 Å². The topological polar surface area (TPSA) is 187 Å². The van der Waals surface area contributed by atoms with Crippen LogP contribution in [0.15, 0.2) is 97.1 Å². The molecule has 7 N–H and O–H groups in total. The number of carbonyl (C=O) groups is 1. The van der Waals surface area contributed by atoms with E-state index in [-0.39, 0.29) is 68.0 Å². The number of rotatable bonds is 11. The number of phenolic OH excluding ortho intramolecular Hbond substituents is 2. The van der Waals surface area contributed by atoms with Crippen molar-refractivity contribution in [2.75, 3.05) is 33.9 Å². The van der Waals surface area contributed by atoms with E-state index in [1.54, 1.807) is 26.4 Å². The second-order valence-electron chi connectivity index (χ2n) is 20.6. The van der Waals surface area contributed by atoms with Crippen LogP contribution in [0.2, 0.25) is 0 Å². The van der Waals surface area contributed by atoms with Gasteiger partial charge in [0.25, 0.3) is 0 Å². The first-order valence-electron chi connectivity index (χ1n) is 27.0. The number of amides is 1. The first-order valence-corrected chi connectivity index (χ1v) is 27.0. The van der Waals surface area contributed by atoms with Crippen molar-refractivity contribution in [3.05, 3.63) is 181 Å². The monoisotopic (exact) mass is 1070 g/mol. The highest BCUT2D eigenvalue weighted by Crippen LogP contribution is 2.48. The average molecular weight is 1070 g/mol. The number of nitrogens with zero attached hydrogens (tertiary/aromatic N) is 3. The van der Waals surface area contributed by atoms with E-state index >= 15 is 0 Å². The van der Waals surface area contributed by atoms with Gasteiger partial charge < -0.3 is 62.5 Å². The molecule has 0 aliphatic carbocycles. The first-order chi connectivity index (χ1) is 36.9. The SMILES string of the molecule is CCC(=O)N1CCc2cc(CO)ccc2C1Cc1ccc(CO)c(O)c1.CCC1=[N+]2CCc3cc(CO)ccc3[C@@H]2Cc2cc(O)c(OC)cc21.CC[C@H]1c2cc(OC)c(O)cc2C[C@H]2c3ccc(CO)cc3CCN12.[Cl-]. The quantitative estimate of drug-likeness (QED) is 0.0765. The van der Waals surface area contributed by atoms with Crippen molar-refractivity contribution in [2.24, 2.45) is 0 Å². The average Bonchev–Trinajstić information content (AvgIpc) is 3.45. The van der Waals surface area contributed by atoms with E-state index in [9.17, 15) is 40.5 Å². The largest absolute Gasteiger partial charge is 1.00 e. The Kier molecular flexibility index (Phi) is 18.4. The van der Waals surface area contributed by atoms with Crippen molar-refractivity contribution in [2.45, 2.75) is 129 Å². The van der Waals surface area contributed by atoms with Crippen LogP contribution >= 0.6 is 0 Å². The second-order valence-corrected chi connectivity index (χ2v) is 20.6. The smallest absolute Gasteiger partial charge is 0.222 e. The third-order valence-electron chi connectivity index (χ3n) is 16.5. The number of benzene rings is 6. The summed E-state index contributed by atoms with van der Waals surface area (Å²) in [4.78, 5) is 17.0. The summed E-state index contributed by atoms with van der Waals surface area (Å²) in [6, 6.07) is 32.5. The number of fused-ring (bicyclic) bond motifs is 9. The lowest BCUT2D eigenvalue weighted by Crippen LogP contribution is -3.00. The standard InChI is InChI=1S/C21H25NO4.C21H25NO3.C21H23NO3.ClH/c1-2-21(26)22-8-7-16-9-15(12-23)4-6-18(16)19(22)10-14-3-5-17(13-24)20(25)11-14;2*1-3-18-17-11-21(25-2)20(24)10-15(17)9-19-16-5-4-13(12-23)8-14(16)6-7-22(18)19;/h3-6,9,11,19,23-25H,2,7-8,10,12-13H2,1H3;4-5,8,10-11,18-19,23-24H,3,6-7,9,12H2,1-2H3;4-5,8,10-11,19,23H,3,6-7,9,12H2,1-2H3;1H/t;18-,19-;19-;/m.00./s1. The summed E-state index contributed by atoms with van der Waals surface area (Å²) in [5.41, 5.74) is 18.1. The zero-order valence-electron chi connectivity index (χ0n) is 44.9. The van der Waals surface area contributed by atoms with Gasteiger partial charge in [0.2, 0.25) is 5.91 Å². The summed E-state index contributed by atoms with van der Waals surface area (Å²) >= 11 is 0. The Morgan fingerprint density at radius 3 is 1.77 bits per heavy atom. The molecule has 408 valence electrons. The number of halogens is 1. The number of methoxy groups -OCH3 is 2. The summed E-state index contributed by atoms with van der Waals surface area (Å²) < 4.78 is 13.2. The van der Waals surface area contributed by atoms with Gasteiger partial charge in [0.15, 0.2) is 34.8 Å². The van der Waals surface area contributed by atoms with E-state index in [0.717, 1.165) is 91.4 Å². The summed E-state index contributed by atoms with van der Waals surface area (Å²) in [6.45, 7) is 8.92. The van der Waals surface area contributed by atoms with E-state index in [2.05, 4.69) is 47.6 Å². The van der Waals surface area contributed by atoms with Gasteiger partial charge in [-0.05, 0) is 129 Å². The Hall–Kier alpha value is -6.45. The number of hydrogen-bond acceptors (Lipinski definition) is 11. The molecule has 0 saturated heterocycles. The predicted octanol–water partition coefficient (Wildman–Crippen LogP) is 5.92. The van der Waals surface area contributed by atoms with Crippen LogP contribution in [0, 0.1) is 0 Å². The number of phenols is 3. The minimum Gasteiger partial charge on any atom is -1.00 e. The molecule has 5 heterocycles. The normalized spacial score (nSPS) is 18.7. The molecule has 4 atom stereocenters. The molecule has 0 aromatic heterocycles. The lowest BCUT2D eigenvalue weighted by atomic mass is 9.79. The molecular formula is C63H74ClN3O10. The zero-order chi connectivity index (χ0) is 53.8. The molecule has 5 aliphatic heterocycles. The Morgan fingerprint density at radius 1 is 0.584 bits per heavy atom. The molecule has 6 aromatic rings.